The van der Waals surface area contributed by atoms with Crippen LogP contribution in [0.5, 0.6) is 17.2 Å². The van der Waals surface area contributed by atoms with Crippen LogP contribution >= 0.6 is 0 Å². The fourth-order valence-corrected chi connectivity index (χ4v) is 2.74. The Morgan fingerprint density at radius 1 is 1.04 bits per heavy atom. The van der Waals surface area contributed by atoms with E-state index in [1.807, 2.05) is 43.3 Å². The summed E-state index contributed by atoms with van der Waals surface area (Å²) in [6, 6.07) is 13.8. The van der Waals surface area contributed by atoms with Gasteiger partial charge in [0.25, 0.3) is 0 Å². The predicted molar refractivity (Wildman–Crippen MR) is 88.1 cm³/mol. The van der Waals surface area contributed by atoms with Crippen LogP contribution < -0.4 is 14.2 Å². The molecule has 0 spiro atoms. The van der Waals surface area contributed by atoms with Gasteiger partial charge in [0.05, 0.1) is 18.2 Å². The molecule has 0 fully saturated rings. The summed E-state index contributed by atoms with van der Waals surface area (Å²) in [5.74, 6) is 3.06. The quantitative estimate of drug-likeness (QED) is 0.650. The van der Waals surface area contributed by atoms with E-state index in [-0.39, 0.29) is 6.79 Å². The van der Waals surface area contributed by atoms with Crippen LogP contribution in [-0.4, -0.2) is 13.4 Å². The zero-order chi connectivity index (χ0) is 15.8. The van der Waals surface area contributed by atoms with Crippen molar-refractivity contribution in [2.75, 3.05) is 13.4 Å². The van der Waals surface area contributed by atoms with Crippen LogP contribution in [0.3, 0.4) is 0 Å². The van der Waals surface area contributed by atoms with Crippen LogP contribution in [-0.2, 0) is 0 Å². The van der Waals surface area contributed by atoms with Crippen molar-refractivity contribution in [3.8, 4) is 28.6 Å². The average Bonchev–Trinajstić information content (AvgIpc) is 3.03. The Bertz CT molecular complexity index is 886. The van der Waals surface area contributed by atoms with Gasteiger partial charge in [0.2, 0.25) is 6.79 Å². The van der Waals surface area contributed by atoms with E-state index in [1.54, 1.807) is 0 Å². The standard InChI is InChI=1S/C19H17O4/c1-3-20-18-10-17(23-15-6-4-12(2)8-14(15)18)13-5-7-16-19(9-13)22-11-21-16/h4-10H,3,11H2,1-2H3/q+1. The number of rotatable bonds is 3. The predicted octanol–water partition coefficient (Wildman–Crippen LogP) is 4.82. The van der Waals surface area contributed by atoms with Crippen LogP contribution in [0, 0.1) is 6.92 Å². The van der Waals surface area contributed by atoms with Crippen LogP contribution in [0.25, 0.3) is 22.3 Å². The van der Waals surface area contributed by atoms with Gasteiger partial charge in [0.15, 0.2) is 11.5 Å². The van der Waals surface area contributed by atoms with Gasteiger partial charge < -0.3 is 14.2 Å². The normalized spacial score (nSPS) is 12.6. The van der Waals surface area contributed by atoms with E-state index >= 15 is 0 Å². The van der Waals surface area contributed by atoms with Gasteiger partial charge in [-0.25, -0.2) is 4.42 Å². The lowest BCUT2D eigenvalue weighted by molar-refractivity contribution is 0.174. The maximum atomic E-state index is 6.07. The Balaban J connectivity index is 1.88. The van der Waals surface area contributed by atoms with E-state index in [4.69, 9.17) is 18.6 Å². The number of benzene rings is 2. The van der Waals surface area contributed by atoms with Gasteiger partial charge in [-0.3, -0.25) is 0 Å². The molecule has 0 bridgehead atoms. The van der Waals surface area contributed by atoms with Crippen molar-refractivity contribution in [2.24, 2.45) is 0 Å². The van der Waals surface area contributed by atoms with Gasteiger partial charge in [0.1, 0.15) is 11.1 Å². The first kappa shape index (κ1) is 13.9. The van der Waals surface area contributed by atoms with Gasteiger partial charge in [-0.1, -0.05) is 0 Å². The molecule has 0 N–H and O–H groups in total. The summed E-state index contributed by atoms with van der Waals surface area (Å²) in [5.41, 5.74) is 2.90. The molecule has 0 unspecified atom stereocenters. The SMILES string of the molecule is CCOc1cc(-c2ccc3c(c2)OCO3)[o+]c2ccc(C)cc12. The number of ether oxygens (including phenoxy) is 3. The highest BCUT2D eigenvalue weighted by Gasteiger charge is 2.23. The fourth-order valence-electron chi connectivity index (χ4n) is 2.74. The third kappa shape index (κ3) is 2.46. The summed E-state index contributed by atoms with van der Waals surface area (Å²) in [6.45, 7) is 4.90. The first-order valence-electron chi connectivity index (χ1n) is 7.65. The van der Waals surface area contributed by atoms with E-state index < -0.39 is 0 Å². The Kier molecular flexibility index (Phi) is 3.30. The number of fused-ring (bicyclic) bond motifs is 2. The molecule has 0 saturated carbocycles. The highest BCUT2D eigenvalue weighted by molar-refractivity contribution is 5.86. The molecule has 0 radical (unpaired) electrons. The van der Waals surface area contributed by atoms with Gasteiger partial charge in [-0.2, -0.15) is 0 Å². The molecule has 1 aliphatic heterocycles. The summed E-state index contributed by atoms with van der Waals surface area (Å²) < 4.78 is 22.7. The van der Waals surface area contributed by atoms with E-state index in [9.17, 15) is 0 Å². The van der Waals surface area contributed by atoms with Crippen LogP contribution in [0.4, 0.5) is 0 Å². The Morgan fingerprint density at radius 3 is 2.78 bits per heavy atom. The number of aryl methyl sites for hydroxylation is 1. The molecule has 1 aliphatic rings. The van der Waals surface area contributed by atoms with Crippen molar-refractivity contribution in [3.63, 3.8) is 0 Å². The first-order chi connectivity index (χ1) is 11.2. The first-order valence-corrected chi connectivity index (χ1v) is 7.65. The largest absolute Gasteiger partial charge is 0.493 e. The number of hydrogen-bond acceptors (Lipinski definition) is 3. The van der Waals surface area contributed by atoms with Crippen molar-refractivity contribution >= 4 is 11.0 Å². The molecule has 3 aromatic rings. The van der Waals surface area contributed by atoms with Crippen LogP contribution in [0.2, 0.25) is 0 Å². The molecule has 0 atom stereocenters. The summed E-state index contributed by atoms with van der Waals surface area (Å²) >= 11 is 0. The zero-order valence-electron chi connectivity index (χ0n) is 13.1. The van der Waals surface area contributed by atoms with E-state index in [0.29, 0.717) is 6.61 Å². The second kappa shape index (κ2) is 5.47. The summed E-state index contributed by atoms with van der Waals surface area (Å²) in [4.78, 5) is 0. The lowest BCUT2D eigenvalue weighted by Gasteiger charge is -2.05. The second-order valence-corrected chi connectivity index (χ2v) is 5.48. The highest BCUT2D eigenvalue weighted by Crippen LogP contribution is 2.38. The summed E-state index contributed by atoms with van der Waals surface area (Å²) in [7, 11) is 0. The zero-order valence-corrected chi connectivity index (χ0v) is 13.1. The van der Waals surface area contributed by atoms with Crippen LogP contribution in [0.1, 0.15) is 12.5 Å². The summed E-state index contributed by atoms with van der Waals surface area (Å²) in [5, 5.41) is 0.983. The molecular weight excluding hydrogens is 292 g/mol. The molecule has 1 aromatic heterocycles. The Morgan fingerprint density at radius 2 is 1.91 bits per heavy atom. The minimum Gasteiger partial charge on any atom is -0.493 e. The molecular formula is C19H17O4+. The van der Waals surface area contributed by atoms with Gasteiger partial charge >= 0.3 is 11.3 Å². The third-order valence-corrected chi connectivity index (χ3v) is 3.84. The van der Waals surface area contributed by atoms with Crippen molar-refractivity contribution in [1.82, 2.24) is 0 Å². The van der Waals surface area contributed by atoms with Crippen molar-refractivity contribution in [1.29, 1.82) is 0 Å². The van der Waals surface area contributed by atoms with E-state index in [1.165, 1.54) is 5.56 Å². The third-order valence-electron chi connectivity index (χ3n) is 3.84. The molecule has 4 rings (SSSR count). The second-order valence-electron chi connectivity index (χ2n) is 5.48. The van der Waals surface area contributed by atoms with Crippen molar-refractivity contribution in [2.45, 2.75) is 13.8 Å². The molecule has 0 aliphatic carbocycles. The minimum atomic E-state index is 0.261. The molecule has 4 heteroatoms. The van der Waals surface area contributed by atoms with E-state index in [0.717, 1.165) is 39.5 Å². The van der Waals surface area contributed by atoms with E-state index in [2.05, 4.69) is 13.0 Å². The fraction of sp³-hybridized carbons (Fsp3) is 0.211. The van der Waals surface area contributed by atoms with Gasteiger partial charge in [-0.05, 0) is 43.7 Å². The maximum absolute atomic E-state index is 6.07. The van der Waals surface area contributed by atoms with Crippen LogP contribution in [0.15, 0.2) is 46.9 Å². The Hall–Kier alpha value is -2.75. The lowest BCUT2D eigenvalue weighted by Crippen LogP contribution is -1.94. The molecule has 2 aromatic carbocycles. The molecule has 4 nitrogen and oxygen atoms in total. The van der Waals surface area contributed by atoms with Gasteiger partial charge in [-0.15, -0.1) is 0 Å². The maximum Gasteiger partial charge on any atom is 0.364 e. The number of hydrogen-bond donors (Lipinski definition) is 0. The lowest BCUT2D eigenvalue weighted by atomic mass is 10.1. The molecule has 0 amide bonds. The smallest absolute Gasteiger partial charge is 0.364 e. The molecule has 0 saturated heterocycles. The van der Waals surface area contributed by atoms with Crippen molar-refractivity contribution < 1.29 is 18.6 Å². The topological polar surface area (TPSA) is 39.0 Å². The highest BCUT2D eigenvalue weighted by atomic mass is 16.7. The minimum absolute atomic E-state index is 0.261. The molecule has 116 valence electrons. The summed E-state index contributed by atoms with van der Waals surface area (Å²) in [6.07, 6.45) is 0. The monoisotopic (exact) mass is 309 g/mol. The molecule has 2 heterocycles. The average molecular weight is 309 g/mol. The Labute approximate surface area is 134 Å². The van der Waals surface area contributed by atoms with Crippen molar-refractivity contribution in [3.05, 3.63) is 48.0 Å². The molecule has 23 heavy (non-hydrogen) atoms. The van der Waals surface area contributed by atoms with Gasteiger partial charge in [0, 0.05) is 12.1 Å².